The summed E-state index contributed by atoms with van der Waals surface area (Å²) >= 11 is 0. The number of carbonyl (C=O) groups is 1. The molecule has 1 fully saturated rings. The van der Waals surface area contributed by atoms with Gasteiger partial charge < -0.3 is 15.4 Å². The number of rotatable bonds is 6. The topological polar surface area (TPSA) is 68.2 Å². The number of carbonyl (C=O) groups excluding carboxylic acids is 1. The minimum atomic E-state index is -0.0584. The Bertz CT molecular complexity index is 681. The molecule has 1 saturated heterocycles. The Labute approximate surface area is 142 Å². The third kappa shape index (κ3) is 3.83. The van der Waals surface area contributed by atoms with Crippen molar-refractivity contribution in [2.24, 2.45) is 13.0 Å². The fourth-order valence-corrected chi connectivity index (χ4v) is 3.12. The molecule has 24 heavy (non-hydrogen) atoms. The predicted octanol–water partition coefficient (Wildman–Crippen LogP) is 1.65. The lowest BCUT2D eigenvalue weighted by Gasteiger charge is -2.18. The number of nitrogens with zero attached hydrogens (tertiary/aromatic N) is 2. The molecule has 1 aromatic carbocycles. The first-order chi connectivity index (χ1) is 11.7. The monoisotopic (exact) mass is 328 g/mol. The molecule has 1 amide bonds. The molecule has 0 unspecified atom stereocenters. The van der Waals surface area contributed by atoms with Gasteiger partial charge in [-0.25, -0.2) is 0 Å². The van der Waals surface area contributed by atoms with Crippen molar-refractivity contribution in [3.63, 3.8) is 0 Å². The summed E-state index contributed by atoms with van der Waals surface area (Å²) in [5, 5.41) is 10.4. The molecule has 1 aromatic heterocycles. The third-order valence-corrected chi connectivity index (χ3v) is 4.45. The van der Waals surface area contributed by atoms with E-state index in [0.717, 1.165) is 31.7 Å². The number of aromatic nitrogens is 2. The van der Waals surface area contributed by atoms with Gasteiger partial charge in [0.25, 0.3) is 5.91 Å². The minimum absolute atomic E-state index is 0.0584. The number of benzene rings is 1. The zero-order valence-corrected chi connectivity index (χ0v) is 14.2. The third-order valence-electron chi connectivity index (χ3n) is 4.45. The molecule has 0 spiro atoms. The molecule has 6 heteroatoms. The second kappa shape index (κ2) is 7.59. The smallest absolute Gasteiger partial charge is 0.251 e. The first kappa shape index (κ1) is 16.7. The normalized spacial score (nSPS) is 20.2. The van der Waals surface area contributed by atoms with Crippen molar-refractivity contribution in [1.82, 2.24) is 20.4 Å². The maximum absolute atomic E-state index is 11.5. The van der Waals surface area contributed by atoms with Crippen LogP contribution in [0.2, 0.25) is 0 Å². The Balaban J connectivity index is 1.51. The van der Waals surface area contributed by atoms with Gasteiger partial charge in [-0.2, -0.15) is 5.10 Å². The van der Waals surface area contributed by atoms with Crippen molar-refractivity contribution in [3.05, 3.63) is 53.3 Å². The van der Waals surface area contributed by atoms with E-state index < -0.39 is 0 Å². The lowest BCUT2D eigenvalue weighted by atomic mass is 9.97. The van der Waals surface area contributed by atoms with E-state index in [0.29, 0.717) is 11.5 Å². The number of aryl methyl sites for hydroxylation is 1. The van der Waals surface area contributed by atoms with E-state index in [4.69, 9.17) is 4.74 Å². The summed E-state index contributed by atoms with van der Waals surface area (Å²) in [6.45, 7) is 2.48. The van der Waals surface area contributed by atoms with E-state index in [1.165, 1.54) is 5.56 Å². The summed E-state index contributed by atoms with van der Waals surface area (Å²) in [5.41, 5.74) is 3.00. The summed E-state index contributed by atoms with van der Waals surface area (Å²) in [4.78, 5) is 11.5. The molecule has 2 N–H and O–H groups in total. The Morgan fingerprint density at radius 3 is 2.83 bits per heavy atom. The molecule has 0 aliphatic carbocycles. The molecule has 1 aliphatic heterocycles. The largest absolute Gasteiger partial charge is 0.373 e. The summed E-state index contributed by atoms with van der Waals surface area (Å²) in [7, 11) is 3.56. The van der Waals surface area contributed by atoms with Crippen molar-refractivity contribution >= 4 is 5.91 Å². The van der Waals surface area contributed by atoms with Gasteiger partial charge in [0.1, 0.15) is 0 Å². The number of nitrogens with one attached hydrogen (secondary N) is 2. The lowest BCUT2D eigenvalue weighted by Crippen LogP contribution is -2.24. The van der Waals surface area contributed by atoms with Gasteiger partial charge in [-0.1, -0.05) is 12.1 Å². The van der Waals surface area contributed by atoms with Crippen LogP contribution < -0.4 is 10.6 Å². The van der Waals surface area contributed by atoms with Crippen LogP contribution in [0.15, 0.2) is 36.7 Å². The molecule has 2 aromatic rings. The van der Waals surface area contributed by atoms with Gasteiger partial charge in [-0.15, -0.1) is 0 Å². The fourth-order valence-electron chi connectivity index (χ4n) is 3.12. The minimum Gasteiger partial charge on any atom is -0.373 e. The van der Waals surface area contributed by atoms with Crippen LogP contribution in [-0.4, -0.2) is 35.9 Å². The van der Waals surface area contributed by atoms with Crippen molar-refractivity contribution in [2.45, 2.75) is 19.1 Å². The lowest BCUT2D eigenvalue weighted by molar-refractivity contribution is 0.0904. The van der Waals surface area contributed by atoms with Crippen LogP contribution in [0, 0.1) is 5.92 Å². The summed E-state index contributed by atoms with van der Waals surface area (Å²) in [6.07, 6.45) is 5.10. The van der Waals surface area contributed by atoms with Gasteiger partial charge >= 0.3 is 0 Å². The van der Waals surface area contributed by atoms with Gasteiger partial charge in [0.15, 0.2) is 0 Å². The fraction of sp³-hybridized carbons (Fsp3) is 0.444. The summed E-state index contributed by atoms with van der Waals surface area (Å²) in [6, 6.07) is 7.68. The second-order valence-corrected chi connectivity index (χ2v) is 6.19. The highest BCUT2D eigenvalue weighted by atomic mass is 16.5. The molecular weight excluding hydrogens is 304 g/mol. The molecule has 0 saturated carbocycles. The van der Waals surface area contributed by atoms with Crippen LogP contribution in [0.4, 0.5) is 0 Å². The number of hydrogen-bond acceptors (Lipinski definition) is 4. The molecule has 2 atom stereocenters. The van der Waals surface area contributed by atoms with Gasteiger partial charge in [0.05, 0.1) is 12.3 Å². The van der Waals surface area contributed by atoms with Crippen molar-refractivity contribution in [3.8, 4) is 0 Å². The molecule has 3 rings (SSSR count). The number of ether oxygens (including phenoxy) is 1. The summed E-state index contributed by atoms with van der Waals surface area (Å²) in [5.74, 6) is 0.399. The maximum Gasteiger partial charge on any atom is 0.251 e. The average molecular weight is 328 g/mol. The van der Waals surface area contributed by atoms with Gasteiger partial charge in [0.2, 0.25) is 0 Å². The first-order valence-electron chi connectivity index (χ1n) is 8.29. The van der Waals surface area contributed by atoms with E-state index in [2.05, 4.69) is 15.7 Å². The van der Waals surface area contributed by atoms with E-state index in [-0.39, 0.29) is 12.0 Å². The van der Waals surface area contributed by atoms with Crippen molar-refractivity contribution in [1.29, 1.82) is 0 Å². The number of hydrogen-bond donors (Lipinski definition) is 2. The average Bonchev–Trinajstić information content (AvgIpc) is 3.23. The highest BCUT2D eigenvalue weighted by Crippen LogP contribution is 2.33. The Morgan fingerprint density at radius 2 is 2.17 bits per heavy atom. The Kier molecular flexibility index (Phi) is 5.27. The van der Waals surface area contributed by atoms with Crippen molar-refractivity contribution in [2.75, 3.05) is 20.2 Å². The van der Waals surface area contributed by atoms with E-state index in [1.807, 2.05) is 48.4 Å². The van der Waals surface area contributed by atoms with Crippen LogP contribution in [0.3, 0.4) is 0 Å². The van der Waals surface area contributed by atoms with Gasteiger partial charge in [-0.05, 0) is 24.1 Å². The highest BCUT2D eigenvalue weighted by Gasteiger charge is 2.30. The van der Waals surface area contributed by atoms with E-state index in [1.54, 1.807) is 7.05 Å². The van der Waals surface area contributed by atoms with Gasteiger partial charge in [0, 0.05) is 57.0 Å². The van der Waals surface area contributed by atoms with Crippen molar-refractivity contribution < 1.29 is 9.53 Å². The first-order valence-corrected chi connectivity index (χ1v) is 8.29. The standard InChI is InChI=1S/C18H24N4O2/c1-19-18(23)14-5-3-13(4-6-14)9-20-10-15-7-8-24-17(15)16-11-21-22(2)12-16/h3-6,11-12,15,17,20H,7-10H2,1-2H3,(H,19,23)/t15-,17+/m0/s1. The Morgan fingerprint density at radius 1 is 1.38 bits per heavy atom. The number of amides is 1. The summed E-state index contributed by atoms with van der Waals surface area (Å²) < 4.78 is 7.70. The SMILES string of the molecule is CNC(=O)c1ccc(CNC[C@@H]2CCO[C@H]2c2cnn(C)c2)cc1. The highest BCUT2D eigenvalue weighted by molar-refractivity contribution is 5.93. The van der Waals surface area contributed by atoms with Crippen LogP contribution >= 0.6 is 0 Å². The zero-order chi connectivity index (χ0) is 16.9. The van der Waals surface area contributed by atoms with Crippen LogP contribution in [0.1, 0.15) is 34.0 Å². The molecule has 6 nitrogen and oxygen atoms in total. The molecule has 128 valence electrons. The second-order valence-electron chi connectivity index (χ2n) is 6.19. The van der Waals surface area contributed by atoms with E-state index in [9.17, 15) is 4.79 Å². The Hall–Kier alpha value is -2.18. The maximum atomic E-state index is 11.5. The molecule has 0 bridgehead atoms. The quantitative estimate of drug-likeness (QED) is 0.846. The predicted molar refractivity (Wildman–Crippen MR) is 91.5 cm³/mol. The van der Waals surface area contributed by atoms with Crippen LogP contribution in [-0.2, 0) is 18.3 Å². The van der Waals surface area contributed by atoms with E-state index >= 15 is 0 Å². The van der Waals surface area contributed by atoms with Gasteiger partial charge in [-0.3, -0.25) is 9.48 Å². The van der Waals surface area contributed by atoms with Crippen LogP contribution in [0.5, 0.6) is 0 Å². The molecule has 1 aliphatic rings. The molecule has 0 radical (unpaired) electrons. The molecule has 2 heterocycles. The van der Waals surface area contributed by atoms with Crippen LogP contribution in [0.25, 0.3) is 0 Å². The zero-order valence-electron chi connectivity index (χ0n) is 14.2. The molecular formula is C18H24N4O2.